The molecule has 34 heavy (non-hydrogen) atoms. The number of piperazine rings is 1. The number of rotatable bonds is 8. The number of aliphatic carboxylic acids is 1. The van der Waals surface area contributed by atoms with E-state index in [4.69, 9.17) is 6.42 Å². The van der Waals surface area contributed by atoms with Crippen molar-refractivity contribution in [1.29, 1.82) is 0 Å². The summed E-state index contributed by atoms with van der Waals surface area (Å²) in [6.07, 6.45) is 5.44. The third-order valence-corrected chi connectivity index (χ3v) is 6.30. The van der Waals surface area contributed by atoms with Crippen LogP contribution in [0, 0.1) is 12.3 Å². The van der Waals surface area contributed by atoms with Crippen LogP contribution in [0.2, 0.25) is 0 Å². The predicted octanol–water partition coefficient (Wildman–Crippen LogP) is 1.09. The number of benzene rings is 1. The number of nitrogens with zero attached hydrogens (tertiary/aromatic N) is 4. The topological polar surface area (TPSA) is 114 Å². The number of hydrazine groups is 1. The van der Waals surface area contributed by atoms with E-state index >= 15 is 0 Å². The molecule has 2 aliphatic rings. The maximum Gasteiger partial charge on any atom is 0.334 e. The predicted molar refractivity (Wildman–Crippen MR) is 124 cm³/mol. The summed E-state index contributed by atoms with van der Waals surface area (Å²) in [5.41, 5.74) is 0.894. The molecule has 1 aromatic carbocycles. The Kier molecular flexibility index (Phi) is 8.12. The van der Waals surface area contributed by atoms with Crippen molar-refractivity contribution in [2.45, 2.75) is 57.9 Å². The fourth-order valence-electron chi connectivity index (χ4n) is 4.67. The number of terminal acetylenes is 1. The zero-order valence-electron chi connectivity index (χ0n) is 19.5. The second-order valence-corrected chi connectivity index (χ2v) is 8.37. The average Bonchev–Trinajstić information content (AvgIpc) is 2.81. The molecule has 2 atom stereocenters. The number of urea groups is 1. The van der Waals surface area contributed by atoms with Crippen LogP contribution in [0.15, 0.2) is 30.3 Å². The number of nitrogens with one attached hydrogen (secondary N) is 1. The molecule has 2 fully saturated rings. The molecular weight excluding hydrogens is 438 g/mol. The second kappa shape index (κ2) is 11.0. The molecule has 2 N–H and O–H groups in total. The first-order valence-electron chi connectivity index (χ1n) is 11.4. The highest BCUT2D eigenvalue weighted by atomic mass is 16.4. The molecule has 0 saturated carbocycles. The maximum atomic E-state index is 13.4. The third-order valence-electron chi connectivity index (χ3n) is 6.30. The summed E-state index contributed by atoms with van der Waals surface area (Å²) in [5.74, 6) is 0.446. The summed E-state index contributed by atoms with van der Waals surface area (Å²) in [4.78, 5) is 54.3. The molecule has 1 aromatic rings. The minimum absolute atomic E-state index is 0.0113. The summed E-state index contributed by atoms with van der Waals surface area (Å²) in [6, 6.07) is 7.55. The molecule has 0 radical (unpaired) electrons. The van der Waals surface area contributed by atoms with Gasteiger partial charge in [-0.05, 0) is 18.4 Å². The van der Waals surface area contributed by atoms with Gasteiger partial charge in [-0.2, -0.15) is 5.01 Å². The van der Waals surface area contributed by atoms with Gasteiger partial charge in [0.05, 0.1) is 26.1 Å². The minimum atomic E-state index is -1.19. The Morgan fingerprint density at radius 2 is 1.88 bits per heavy atom. The lowest BCUT2D eigenvalue weighted by atomic mass is 10.00. The summed E-state index contributed by atoms with van der Waals surface area (Å²) >= 11 is 0. The number of hydrogen-bond acceptors (Lipinski definition) is 5. The molecule has 4 amide bonds. The van der Waals surface area contributed by atoms with Gasteiger partial charge in [0.25, 0.3) is 0 Å². The van der Waals surface area contributed by atoms with Crippen molar-refractivity contribution in [2.24, 2.45) is 0 Å². The Hall–Kier alpha value is -3.58. The summed E-state index contributed by atoms with van der Waals surface area (Å²) in [6.45, 7) is 4.01. The molecule has 0 aliphatic carbocycles. The molecule has 10 nitrogen and oxygen atoms in total. The van der Waals surface area contributed by atoms with Gasteiger partial charge in [-0.1, -0.05) is 50.1 Å². The number of carbonyl (C=O) groups excluding carboxylic acids is 3. The summed E-state index contributed by atoms with van der Waals surface area (Å²) in [5, 5.41) is 15.2. The van der Waals surface area contributed by atoms with Crippen LogP contribution in [-0.2, 0) is 20.9 Å². The van der Waals surface area contributed by atoms with Crippen LogP contribution in [0.5, 0.6) is 0 Å². The fraction of sp³-hybridized carbons (Fsp3) is 0.500. The second-order valence-electron chi connectivity index (χ2n) is 8.37. The van der Waals surface area contributed by atoms with E-state index in [-0.39, 0.29) is 32.2 Å². The minimum Gasteiger partial charge on any atom is -0.481 e. The molecule has 2 saturated heterocycles. The number of carbonyl (C=O) groups is 4. The van der Waals surface area contributed by atoms with Crippen LogP contribution in [0.3, 0.4) is 0 Å². The van der Waals surface area contributed by atoms with Crippen LogP contribution in [0.25, 0.3) is 0 Å². The lowest BCUT2D eigenvalue weighted by Gasteiger charge is -2.55. The molecule has 10 heteroatoms. The average molecular weight is 470 g/mol. The van der Waals surface area contributed by atoms with E-state index in [0.717, 1.165) is 5.56 Å². The lowest BCUT2D eigenvalue weighted by molar-refractivity contribution is -0.192. The van der Waals surface area contributed by atoms with Gasteiger partial charge in [0, 0.05) is 12.6 Å². The van der Waals surface area contributed by atoms with Crippen LogP contribution in [0.4, 0.5) is 4.79 Å². The Bertz CT molecular complexity index is 958. The van der Waals surface area contributed by atoms with Crippen LogP contribution < -0.4 is 5.32 Å². The fourth-order valence-corrected chi connectivity index (χ4v) is 4.67. The van der Waals surface area contributed by atoms with Crippen molar-refractivity contribution in [3.8, 4) is 12.3 Å². The van der Waals surface area contributed by atoms with Gasteiger partial charge in [-0.3, -0.25) is 14.4 Å². The number of carboxylic acid groups (broad SMARTS) is 1. The van der Waals surface area contributed by atoms with Crippen molar-refractivity contribution in [3.05, 3.63) is 35.9 Å². The number of fused-ring (bicyclic) bond motifs is 1. The van der Waals surface area contributed by atoms with E-state index < -0.39 is 42.4 Å². The SMILES string of the molecule is C#CCN1CC(=O)N2[C@@H](CC(=O)O)C(=O)N(C(CC)CC)C[C@@H]2N1C(=O)NCc1ccccc1. The van der Waals surface area contributed by atoms with E-state index in [1.165, 1.54) is 14.9 Å². The number of carboxylic acids is 1. The van der Waals surface area contributed by atoms with E-state index in [1.807, 2.05) is 44.2 Å². The van der Waals surface area contributed by atoms with E-state index in [1.54, 1.807) is 4.90 Å². The van der Waals surface area contributed by atoms with Gasteiger partial charge in [0.15, 0.2) is 0 Å². The van der Waals surface area contributed by atoms with Crippen LogP contribution in [-0.4, -0.2) is 86.6 Å². The third kappa shape index (κ3) is 5.15. The Morgan fingerprint density at radius 1 is 1.21 bits per heavy atom. The van der Waals surface area contributed by atoms with Crippen LogP contribution >= 0.6 is 0 Å². The van der Waals surface area contributed by atoms with E-state index in [2.05, 4.69) is 11.2 Å². The summed E-state index contributed by atoms with van der Waals surface area (Å²) < 4.78 is 0. The molecule has 182 valence electrons. The maximum absolute atomic E-state index is 13.4. The van der Waals surface area contributed by atoms with E-state index in [9.17, 15) is 24.3 Å². The molecule has 3 rings (SSSR count). The Morgan fingerprint density at radius 3 is 2.47 bits per heavy atom. The first-order valence-corrected chi connectivity index (χ1v) is 11.4. The molecular formula is C24H31N5O5. The highest BCUT2D eigenvalue weighted by Crippen LogP contribution is 2.30. The van der Waals surface area contributed by atoms with Gasteiger partial charge < -0.3 is 20.2 Å². The van der Waals surface area contributed by atoms with Gasteiger partial charge in [0.1, 0.15) is 12.2 Å². The zero-order valence-corrected chi connectivity index (χ0v) is 19.5. The molecule has 0 aromatic heterocycles. The smallest absolute Gasteiger partial charge is 0.334 e. The van der Waals surface area contributed by atoms with Gasteiger partial charge in [-0.25, -0.2) is 9.80 Å². The highest BCUT2D eigenvalue weighted by molar-refractivity contribution is 5.93. The van der Waals surface area contributed by atoms with Crippen molar-refractivity contribution in [2.75, 3.05) is 19.6 Å². The Labute approximate surface area is 199 Å². The molecule has 2 aliphatic heterocycles. The normalized spacial score (nSPS) is 20.8. The molecule has 0 bridgehead atoms. The molecule has 0 spiro atoms. The largest absolute Gasteiger partial charge is 0.481 e. The van der Waals surface area contributed by atoms with Crippen molar-refractivity contribution in [1.82, 2.24) is 25.1 Å². The van der Waals surface area contributed by atoms with Gasteiger partial charge in [0.2, 0.25) is 11.8 Å². The highest BCUT2D eigenvalue weighted by Gasteiger charge is 2.52. The first-order chi connectivity index (χ1) is 16.3. The Balaban J connectivity index is 1.97. The zero-order chi connectivity index (χ0) is 24.8. The number of hydrogen-bond donors (Lipinski definition) is 2. The quantitative estimate of drug-likeness (QED) is 0.551. The van der Waals surface area contributed by atoms with Crippen LogP contribution in [0.1, 0.15) is 38.7 Å². The first kappa shape index (κ1) is 25.1. The van der Waals surface area contributed by atoms with Crippen molar-refractivity contribution in [3.63, 3.8) is 0 Å². The molecule has 0 unspecified atom stereocenters. The number of amides is 4. The monoisotopic (exact) mass is 469 g/mol. The van der Waals surface area contributed by atoms with Gasteiger partial charge >= 0.3 is 12.0 Å². The van der Waals surface area contributed by atoms with Crippen molar-refractivity contribution >= 4 is 23.8 Å². The molecule has 2 heterocycles. The van der Waals surface area contributed by atoms with Crippen molar-refractivity contribution < 1.29 is 24.3 Å². The summed E-state index contributed by atoms with van der Waals surface area (Å²) in [7, 11) is 0. The van der Waals surface area contributed by atoms with E-state index in [0.29, 0.717) is 12.8 Å². The lowest BCUT2D eigenvalue weighted by Crippen LogP contribution is -2.77. The standard InChI is InChI=1S/C24H31N5O5/c1-4-12-26-16-21(30)28-19(13-22(31)32)23(33)27(18(5-2)6-3)15-20(28)29(26)24(34)25-14-17-10-8-7-9-11-17/h1,7-11,18-20H,5-6,12-16H2,2-3H3,(H,25,34)(H,31,32)/t19-,20-/m0/s1. The van der Waals surface area contributed by atoms with Gasteiger partial charge in [-0.15, -0.1) is 6.42 Å².